The maximum absolute atomic E-state index is 11.6. The number of carbonyl (C=O) groups excluding carboxylic acids is 1. The molecule has 0 aliphatic heterocycles. The van der Waals surface area contributed by atoms with Crippen molar-refractivity contribution in [2.45, 2.75) is 58.6 Å². The van der Waals surface area contributed by atoms with Crippen LogP contribution in [0.3, 0.4) is 0 Å². The molecule has 2 N–H and O–H groups in total. The number of nitrogens with one attached hydrogen (secondary N) is 1. The molecule has 0 aliphatic carbocycles. The second kappa shape index (κ2) is 6.21. The fraction of sp³-hybridized carbons (Fsp3) is 0.917. The number of aliphatic hydroxyl groups is 1. The Balaban J connectivity index is 4.11. The molecule has 0 rings (SSSR count). The van der Waals surface area contributed by atoms with Crippen LogP contribution >= 0.6 is 0 Å². The van der Waals surface area contributed by atoms with Crippen molar-refractivity contribution in [3.63, 3.8) is 0 Å². The van der Waals surface area contributed by atoms with E-state index in [0.717, 1.165) is 6.42 Å². The van der Waals surface area contributed by atoms with E-state index in [-0.39, 0.29) is 30.3 Å². The van der Waals surface area contributed by atoms with Gasteiger partial charge in [0.25, 0.3) is 0 Å². The molecule has 0 spiro atoms. The number of rotatable bonds is 6. The van der Waals surface area contributed by atoms with Gasteiger partial charge >= 0.3 is 0 Å². The van der Waals surface area contributed by atoms with Crippen LogP contribution in [0.15, 0.2) is 0 Å². The van der Waals surface area contributed by atoms with Gasteiger partial charge < -0.3 is 15.2 Å². The second-order valence-electron chi connectivity index (χ2n) is 5.34. The molecule has 0 radical (unpaired) electrons. The molecule has 0 aromatic carbocycles. The number of amides is 1. The van der Waals surface area contributed by atoms with E-state index in [1.54, 1.807) is 0 Å². The summed E-state index contributed by atoms with van der Waals surface area (Å²) in [5, 5.41) is 11.8. The number of ether oxygens (including phenoxy) is 1. The van der Waals surface area contributed by atoms with Crippen LogP contribution in [0.4, 0.5) is 0 Å². The van der Waals surface area contributed by atoms with Crippen LogP contribution in [0.25, 0.3) is 0 Å². The van der Waals surface area contributed by atoms with Crippen molar-refractivity contribution in [1.29, 1.82) is 0 Å². The molecule has 0 aromatic heterocycles. The Kier molecular flexibility index (Phi) is 5.97. The highest BCUT2D eigenvalue weighted by atomic mass is 16.5. The molecule has 0 saturated carbocycles. The average Bonchev–Trinajstić information content (AvgIpc) is 2.14. The Morgan fingerprint density at radius 1 is 1.31 bits per heavy atom. The zero-order chi connectivity index (χ0) is 12.8. The topological polar surface area (TPSA) is 58.6 Å². The normalized spacial score (nSPS) is 15.6. The summed E-state index contributed by atoms with van der Waals surface area (Å²) in [5.74, 6) is -0.132. The van der Waals surface area contributed by atoms with E-state index in [4.69, 9.17) is 9.84 Å². The fourth-order valence-corrected chi connectivity index (χ4v) is 1.23. The minimum atomic E-state index is -0.340. The lowest BCUT2D eigenvalue weighted by Crippen LogP contribution is -2.48. The number of hydrogen-bond acceptors (Lipinski definition) is 3. The highest BCUT2D eigenvalue weighted by Crippen LogP contribution is 2.14. The maximum Gasteiger partial charge on any atom is 0.246 e. The summed E-state index contributed by atoms with van der Waals surface area (Å²) in [7, 11) is 0. The van der Waals surface area contributed by atoms with E-state index >= 15 is 0 Å². The predicted octanol–water partition coefficient (Wildman–Crippen LogP) is 1.47. The first-order chi connectivity index (χ1) is 7.22. The molecule has 0 saturated heterocycles. The van der Waals surface area contributed by atoms with Crippen LogP contribution in [0, 0.1) is 0 Å². The van der Waals surface area contributed by atoms with E-state index in [2.05, 4.69) is 5.32 Å². The Morgan fingerprint density at radius 2 is 1.88 bits per heavy atom. The second-order valence-corrected chi connectivity index (χ2v) is 5.34. The van der Waals surface area contributed by atoms with Gasteiger partial charge in [-0.05, 0) is 40.5 Å². The van der Waals surface area contributed by atoms with E-state index in [1.165, 1.54) is 0 Å². The summed E-state index contributed by atoms with van der Waals surface area (Å²) in [6.45, 7) is 9.78. The third-order valence-corrected chi connectivity index (χ3v) is 2.52. The fourth-order valence-electron chi connectivity index (χ4n) is 1.23. The highest BCUT2D eigenvalue weighted by Gasteiger charge is 2.24. The van der Waals surface area contributed by atoms with Gasteiger partial charge in [0.1, 0.15) is 6.61 Å². The molecular weight excluding hydrogens is 206 g/mol. The van der Waals surface area contributed by atoms with Gasteiger partial charge in [-0.25, -0.2) is 0 Å². The molecule has 4 nitrogen and oxygen atoms in total. The van der Waals surface area contributed by atoms with Crippen molar-refractivity contribution in [3.05, 3.63) is 0 Å². The molecule has 1 unspecified atom stereocenters. The number of aliphatic hydroxyl groups excluding tert-OH is 1. The summed E-state index contributed by atoms with van der Waals surface area (Å²) in [6, 6.07) is 0. The van der Waals surface area contributed by atoms with Crippen molar-refractivity contribution in [1.82, 2.24) is 5.32 Å². The minimum absolute atomic E-state index is 0.0600. The van der Waals surface area contributed by atoms with Crippen molar-refractivity contribution < 1.29 is 14.6 Å². The third-order valence-electron chi connectivity index (χ3n) is 2.52. The lowest BCUT2D eigenvalue weighted by molar-refractivity contribution is -0.132. The van der Waals surface area contributed by atoms with Gasteiger partial charge in [-0.2, -0.15) is 0 Å². The van der Waals surface area contributed by atoms with Crippen molar-refractivity contribution >= 4 is 5.91 Å². The van der Waals surface area contributed by atoms with Crippen LogP contribution in [-0.4, -0.2) is 35.4 Å². The van der Waals surface area contributed by atoms with Gasteiger partial charge in [-0.15, -0.1) is 0 Å². The van der Waals surface area contributed by atoms with Crippen LogP contribution in [0.1, 0.15) is 47.5 Å². The monoisotopic (exact) mass is 231 g/mol. The number of carbonyl (C=O) groups is 1. The molecule has 4 heteroatoms. The lowest BCUT2D eigenvalue weighted by atomic mass is 9.95. The Morgan fingerprint density at radius 3 is 2.25 bits per heavy atom. The van der Waals surface area contributed by atoms with Crippen LogP contribution < -0.4 is 5.32 Å². The molecule has 0 heterocycles. The standard InChI is InChI=1S/C12H25NO3/c1-6-12(5,7-8-14)13-10(15)9-16-11(2,3)4/h14H,6-9H2,1-5H3,(H,13,15). The Labute approximate surface area is 98.4 Å². The molecule has 0 bridgehead atoms. The summed E-state index contributed by atoms with van der Waals surface area (Å²) < 4.78 is 5.39. The van der Waals surface area contributed by atoms with Gasteiger partial charge in [0.05, 0.1) is 5.60 Å². The molecule has 1 atom stereocenters. The first-order valence-corrected chi connectivity index (χ1v) is 5.78. The van der Waals surface area contributed by atoms with Gasteiger partial charge in [0, 0.05) is 12.1 Å². The number of hydrogen-bond donors (Lipinski definition) is 2. The Bertz CT molecular complexity index is 223. The van der Waals surface area contributed by atoms with Gasteiger partial charge in [-0.3, -0.25) is 4.79 Å². The molecule has 96 valence electrons. The summed E-state index contributed by atoms with van der Waals surface area (Å²) in [4.78, 5) is 11.6. The molecule has 0 aromatic rings. The van der Waals surface area contributed by atoms with Crippen molar-refractivity contribution in [2.75, 3.05) is 13.2 Å². The predicted molar refractivity (Wildman–Crippen MR) is 64.2 cm³/mol. The van der Waals surface area contributed by atoms with Gasteiger partial charge in [0.15, 0.2) is 0 Å². The maximum atomic E-state index is 11.6. The highest BCUT2D eigenvalue weighted by molar-refractivity contribution is 5.78. The van der Waals surface area contributed by atoms with Crippen LogP contribution in [0.2, 0.25) is 0 Å². The smallest absolute Gasteiger partial charge is 0.246 e. The SMILES string of the molecule is CCC(C)(CCO)NC(=O)COC(C)(C)C. The zero-order valence-electron chi connectivity index (χ0n) is 11.1. The largest absolute Gasteiger partial charge is 0.396 e. The summed E-state index contributed by atoms with van der Waals surface area (Å²) in [5.41, 5.74) is -0.649. The quantitative estimate of drug-likeness (QED) is 0.727. The molecular formula is C12H25NO3. The van der Waals surface area contributed by atoms with Crippen LogP contribution in [-0.2, 0) is 9.53 Å². The first kappa shape index (κ1) is 15.4. The van der Waals surface area contributed by atoms with Crippen LogP contribution in [0.5, 0.6) is 0 Å². The molecule has 0 fully saturated rings. The van der Waals surface area contributed by atoms with E-state index in [9.17, 15) is 4.79 Å². The molecule has 16 heavy (non-hydrogen) atoms. The van der Waals surface area contributed by atoms with E-state index in [0.29, 0.717) is 6.42 Å². The van der Waals surface area contributed by atoms with E-state index in [1.807, 2.05) is 34.6 Å². The average molecular weight is 231 g/mol. The Hall–Kier alpha value is -0.610. The molecule has 0 aliphatic rings. The minimum Gasteiger partial charge on any atom is -0.396 e. The zero-order valence-corrected chi connectivity index (χ0v) is 11.1. The lowest BCUT2D eigenvalue weighted by Gasteiger charge is -2.29. The third kappa shape index (κ3) is 6.80. The van der Waals surface area contributed by atoms with Crippen molar-refractivity contribution in [2.24, 2.45) is 0 Å². The van der Waals surface area contributed by atoms with Gasteiger partial charge in [-0.1, -0.05) is 6.92 Å². The van der Waals surface area contributed by atoms with Crippen molar-refractivity contribution in [3.8, 4) is 0 Å². The van der Waals surface area contributed by atoms with E-state index < -0.39 is 0 Å². The summed E-state index contributed by atoms with van der Waals surface area (Å²) in [6.07, 6.45) is 1.35. The first-order valence-electron chi connectivity index (χ1n) is 5.78. The van der Waals surface area contributed by atoms with Gasteiger partial charge in [0.2, 0.25) is 5.91 Å². The summed E-state index contributed by atoms with van der Waals surface area (Å²) >= 11 is 0. The molecule has 1 amide bonds.